The molecule has 0 aliphatic carbocycles. The van der Waals surface area contributed by atoms with Crippen molar-refractivity contribution in [2.45, 2.75) is 56.3 Å². The van der Waals surface area contributed by atoms with Gasteiger partial charge in [-0.05, 0) is 23.6 Å². The van der Waals surface area contributed by atoms with E-state index >= 15 is 0 Å². The summed E-state index contributed by atoms with van der Waals surface area (Å²) in [7, 11) is 0. The van der Waals surface area contributed by atoms with Crippen molar-refractivity contribution in [2.75, 3.05) is 0 Å². The zero-order chi connectivity index (χ0) is 31.5. The number of amides is 5. The van der Waals surface area contributed by atoms with Crippen LogP contribution in [0.25, 0.3) is 10.9 Å². The van der Waals surface area contributed by atoms with Gasteiger partial charge < -0.3 is 43.2 Å². The van der Waals surface area contributed by atoms with Crippen LogP contribution < -0.4 is 33.2 Å². The van der Waals surface area contributed by atoms with E-state index in [9.17, 15) is 33.9 Å². The van der Waals surface area contributed by atoms with E-state index in [0.29, 0.717) is 11.1 Å². The highest BCUT2D eigenvalue weighted by atomic mass is 16.4. The Labute approximate surface area is 246 Å². The molecule has 0 fully saturated rings. The van der Waals surface area contributed by atoms with Gasteiger partial charge in [-0.15, -0.1) is 0 Å². The van der Waals surface area contributed by atoms with Crippen molar-refractivity contribution in [1.29, 1.82) is 0 Å². The Morgan fingerprint density at radius 1 is 0.744 bits per heavy atom. The second-order valence-corrected chi connectivity index (χ2v) is 10.1. The number of nitrogens with two attached hydrogens (primary N) is 3. The number of H-pyrrole nitrogens is 1. The maximum atomic E-state index is 13.6. The number of hydrogen-bond donors (Lipinski definition) is 8. The highest BCUT2D eigenvalue weighted by molar-refractivity contribution is 5.96. The average molecular weight is 594 g/mol. The number of aliphatic carboxylic acids is 1. The first-order chi connectivity index (χ1) is 20.4. The highest BCUT2D eigenvalue weighted by Gasteiger charge is 2.31. The Hall–Kier alpha value is -5.24. The molecule has 0 bridgehead atoms. The number of rotatable bonds is 16. The molecule has 2 aromatic carbocycles. The number of nitrogens with one attached hydrogen (secondary N) is 4. The fourth-order valence-electron chi connectivity index (χ4n) is 4.47. The third-order valence-electron chi connectivity index (χ3n) is 6.70. The van der Waals surface area contributed by atoms with E-state index in [2.05, 4.69) is 20.9 Å². The lowest BCUT2D eigenvalue weighted by atomic mass is 10.0. The molecule has 3 rings (SSSR count). The summed E-state index contributed by atoms with van der Waals surface area (Å²) >= 11 is 0. The van der Waals surface area contributed by atoms with Crippen LogP contribution >= 0.6 is 0 Å². The van der Waals surface area contributed by atoms with Crippen LogP contribution in [0.1, 0.15) is 30.4 Å². The normalized spacial score (nSPS) is 13.7. The molecule has 0 spiro atoms. The van der Waals surface area contributed by atoms with E-state index in [1.165, 1.54) is 0 Å². The highest BCUT2D eigenvalue weighted by Crippen LogP contribution is 2.19. The van der Waals surface area contributed by atoms with E-state index < -0.39 is 66.1 Å². The monoisotopic (exact) mass is 593 g/mol. The van der Waals surface area contributed by atoms with E-state index in [1.54, 1.807) is 42.6 Å². The second kappa shape index (κ2) is 15.1. The Balaban J connectivity index is 1.87. The molecule has 11 N–H and O–H groups in total. The summed E-state index contributed by atoms with van der Waals surface area (Å²) in [4.78, 5) is 77.4. The number of primary amides is 2. The number of hydrogen-bond acceptors (Lipinski definition) is 7. The van der Waals surface area contributed by atoms with E-state index in [1.807, 2.05) is 18.2 Å². The number of aromatic nitrogens is 1. The Kier molecular flexibility index (Phi) is 11.3. The number of carboxylic acid groups (broad SMARTS) is 1. The molecule has 0 saturated heterocycles. The zero-order valence-electron chi connectivity index (χ0n) is 23.2. The number of carbonyl (C=O) groups excluding carboxylic acids is 5. The summed E-state index contributed by atoms with van der Waals surface area (Å²) in [6.45, 7) is 0. The van der Waals surface area contributed by atoms with Gasteiger partial charge in [-0.25, -0.2) is 4.79 Å². The largest absolute Gasteiger partial charge is 0.480 e. The van der Waals surface area contributed by atoms with Gasteiger partial charge >= 0.3 is 5.97 Å². The molecule has 43 heavy (non-hydrogen) atoms. The maximum Gasteiger partial charge on any atom is 0.326 e. The first-order valence-electron chi connectivity index (χ1n) is 13.5. The van der Waals surface area contributed by atoms with Gasteiger partial charge in [-0.1, -0.05) is 48.5 Å². The molecule has 1 aromatic heterocycles. The van der Waals surface area contributed by atoms with Crippen LogP contribution in [0, 0.1) is 0 Å². The summed E-state index contributed by atoms with van der Waals surface area (Å²) in [6.07, 6.45) is 0.608. The van der Waals surface area contributed by atoms with Crippen LogP contribution in [0.4, 0.5) is 0 Å². The van der Waals surface area contributed by atoms with E-state index in [0.717, 1.165) is 10.9 Å². The molecule has 0 aliphatic heterocycles. The number of aromatic amines is 1. The van der Waals surface area contributed by atoms with Crippen molar-refractivity contribution in [1.82, 2.24) is 20.9 Å². The van der Waals surface area contributed by atoms with Crippen molar-refractivity contribution in [3.05, 3.63) is 71.9 Å². The number of fused-ring (bicyclic) bond motifs is 1. The van der Waals surface area contributed by atoms with E-state index in [4.69, 9.17) is 17.2 Å². The maximum absolute atomic E-state index is 13.6. The molecular formula is C29H35N7O7. The minimum atomic E-state index is -1.36. The first-order valence-corrected chi connectivity index (χ1v) is 13.5. The fourth-order valence-corrected chi connectivity index (χ4v) is 4.47. The first kappa shape index (κ1) is 32.3. The Bertz CT molecular complexity index is 1470. The molecule has 14 heteroatoms. The van der Waals surface area contributed by atoms with Gasteiger partial charge in [0.15, 0.2) is 0 Å². The quantitative estimate of drug-likeness (QED) is 0.102. The number of carbonyl (C=O) groups is 6. The fraction of sp³-hybridized carbons (Fsp3) is 0.310. The number of para-hydroxylation sites is 1. The molecule has 5 amide bonds. The van der Waals surface area contributed by atoms with Crippen LogP contribution in [-0.4, -0.2) is 69.8 Å². The van der Waals surface area contributed by atoms with Crippen molar-refractivity contribution in [3.8, 4) is 0 Å². The molecule has 1 heterocycles. The topological polar surface area (TPSA) is 253 Å². The van der Waals surface area contributed by atoms with Crippen LogP contribution in [0.3, 0.4) is 0 Å². The van der Waals surface area contributed by atoms with Crippen molar-refractivity contribution < 1.29 is 33.9 Å². The molecule has 4 atom stereocenters. The van der Waals surface area contributed by atoms with Crippen molar-refractivity contribution in [3.63, 3.8) is 0 Å². The Morgan fingerprint density at radius 3 is 2.00 bits per heavy atom. The summed E-state index contributed by atoms with van der Waals surface area (Å²) in [5.41, 5.74) is 18.2. The lowest BCUT2D eigenvalue weighted by molar-refractivity contribution is -0.142. The molecule has 0 saturated carbocycles. The van der Waals surface area contributed by atoms with Crippen LogP contribution in [0.15, 0.2) is 60.8 Å². The van der Waals surface area contributed by atoms with E-state index in [-0.39, 0.29) is 25.7 Å². The minimum Gasteiger partial charge on any atom is -0.480 e. The number of carboxylic acids is 1. The molecule has 4 unspecified atom stereocenters. The van der Waals surface area contributed by atoms with Crippen molar-refractivity contribution >= 4 is 46.4 Å². The minimum absolute atomic E-state index is 0.00922. The molecular weight excluding hydrogens is 558 g/mol. The van der Waals surface area contributed by atoms with Gasteiger partial charge in [0.1, 0.15) is 18.1 Å². The predicted octanol–water partition coefficient (Wildman–Crippen LogP) is -1.04. The van der Waals surface area contributed by atoms with Gasteiger partial charge in [0.2, 0.25) is 29.5 Å². The SMILES string of the molecule is NC(=O)CCC(NC(=O)C(N)CC(N)=O)C(=O)NC(Cc1c[nH]c2ccccc12)C(=O)NC(Cc1ccccc1)C(=O)O. The average Bonchev–Trinajstić information content (AvgIpc) is 3.37. The third kappa shape index (κ3) is 9.67. The molecule has 0 radical (unpaired) electrons. The summed E-state index contributed by atoms with van der Waals surface area (Å²) in [6, 6.07) is 10.7. The lowest BCUT2D eigenvalue weighted by Gasteiger charge is -2.25. The van der Waals surface area contributed by atoms with Gasteiger partial charge in [0.05, 0.1) is 12.5 Å². The van der Waals surface area contributed by atoms with Gasteiger partial charge in [0, 0.05) is 36.4 Å². The molecule has 0 aliphatic rings. The standard InChI is InChI=1S/C29H35N7O7/c30-19(14-25(32)38)26(39)34-21(10-11-24(31)37)27(40)35-22(13-17-15-33-20-9-5-4-8-18(17)20)28(41)36-23(29(42)43)12-16-6-2-1-3-7-16/h1-9,15,19,21-23,33H,10-14,30H2,(H2,31,37)(H2,32,38)(H,34,39)(H,35,40)(H,36,41)(H,42,43). The van der Waals surface area contributed by atoms with Gasteiger partial charge in [-0.3, -0.25) is 24.0 Å². The summed E-state index contributed by atoms with van der Waals surface area (Å²) < 4.78 is 0. The molecule has 3 aromatic rings. The van der Waals surface area contributed by atoms with Crippen LogP contribution in [0.2, 0.25) is 0 Å². The zero-order valence-corrected chi connectivity index (χ0v) is 23.2. The van der Waals surface area contributed by atoms with Crippen LogP contribution in [-0.2, 0) is 41.6 Å². The van der Waals surface area contributed by atoms with Gasteiger partial charge in [0.25, 0.3) is 0 Å². The van der Waals surface area contributed by atoms with Gasteiger partial charge in [-0.2, -0.15) is 0 Å². The smallest absolute Gasteiger partial charge is 0.326 e. The Morgan fingerprint density at radius 2 is 1.35 bits per heavy atom. The number of benzene rings is 2. The predicted molar refractivity (Wildman–Crippen MR) is 156 cm³/mol. The molecule has 14 nitrogen and oxygen atoms in total. The van der Waals surface area contributed by atoms with Crippen molar-refractivity contribution in [2.24, 2.45) is 17.2 Å². The molecule has 228 valence electrons. The summed E-state index contributed by atoms with van der Waals surface area (Å²) in [5.74, 6) is -5.37. The second-order valence-electron chi connectivity index (χ2n) is 10.1. The summed E-state index contributed by atoms with van der Waals surface area (Å²) in [5, 5.41) is 18.1. The lowest BCUT2D eigenvalue weighted by Crippen LogP contribution is -2.58. The van der Waals surface area contributed by atoms with Crippen LogP contribution in [0.5, 0.6) is 0 Å². The third-order valence-corrected chi connectivity index (χ3v) is 6.70.